The monoisotopic (exact) mass is 392 g/mol. The average molecular weight is 392 g/mol. The van der Waals surface area contributed by atoms with E-state index in [1.807, 2.05) is 36.1 Å². The third-order valence-electron chi connectivity index (χ3n) is 5.19. The van der Waals surface area contributed by atoms with Gasteiger partial charge in [0.05, 0.1) is 7.11 Å². The number of nitrogens with one attached hydrogen (secondary N) is 1. The highest BCUT2D eigenvalue weighted by atomic mass is 16.5. The fraction of sp³-hybridized carbons (Fsp3) is 0.316. The number of carbonyl (C=O) groups is 1. The Labute approximate surface area is 166 Å². The molecule has 5 heterocycles. The molecule has 0 saturated carbocycles. The van der Waals surface area contributed by atoms with Gasteiger partial charge in [-0.05, 0) is 12.5 Å². The summed E-state index contributed by atoms with van der Waals surface area (Å²) in [5.41, 5.74) is 2.59. The zero-order valence-corrected chi connectivity index (χ0v) is 16.1. The molecule has 1 N–H and O–H groups in total. The normalized spacial score (nSPS) is 17.2. The third-order valence-corrected chi connectivity index (χ3v) is 5.19. The Hall–Kier alpha value is -3.69. The van der Waals surface area contributed by atoms with Gasteiger partial charge in [0.15, 0.2) is 0 Å². The maximum absolute atomic E-state index is 11.7. The molecule has 10 heteroatoms. The number of nitrogens with zero attached hydrogens (tertiary/aromatic N) is 7. The molecule has 148 valence electrons. The first kappa shape index (κ1) is 17.4. The number of methoxy groups -OCH3 is 1. The van der Waals surface area contributed by atoms with E-state index >= 15 is 0 Å². The van der Waals surface area contributed by atoms with Crippen LogP contribution in [0, 0.1) is 0 Å². The molecule has 4 aromatic rings. The van der Waals surface area contributed by atoms with Gasteiger partial charge in [-0.25, -0.2) is 14.5 Å². The van der Waals surface area contributed by atoms with E-state index in [2.05, 4.69) is 25.4 Å². The highest BCUT2D eigenvalue weighted by molar-refractivity contribution is 5.84. The Morgan fingerprint density at radius 2 is 2.17 bits per heavy atom. The van der Waals surface area contributed by atoms with E-state index < -0.39 is 0 Å². The number of likely N-dealkylation sites (N-methyl/N-ethyl adjacent to an activating group) is 1. The van der Waals surface area contributed by atoms with Crippen LogP contribution in [0.15, 0.2) is 37.1 Å². The van der Waals surface area contributed by atoms with E-state index in [4.69, 9.17) is 4.74 Å². The first-order chi connectivity index (χ1) is 14.1. The minimum absolute atomic E-state index is 0.0998. The molecule has 1 atom stereocenters. The Kier molecular flexibility index (Phi) is 4.04. The fourth-order valence-electron chi connectivity index (χ4n) is 3.70. The smallest absolute Gasteiger partial charge is 0.244 e. The Bertz CT molecular complexity index is 1210. The lowest BCUT2D eigenvalue weighted by Crippen LogP contribution is -2.43. The third kappa shape index (κ3) is 3.02. The van der Waals surface area contributed by atoms with Crippen LogP contribution in [-0.4, -0.2) is 66.5 Å². The van der Waals surface area contributed by atoms with Crippen LogP contribution in [0.3, 0.4) is 0 Å². The van der Waals surface area contributed by atoms with E-state index in [1.165, 1.54) is 0 Å². The summed E-state index contributed by atoms with van der Waals surface area (Å²) in [7, 11) is 3.40. The number of rotatable bonds is 4. The Morgan fingerprint density at radius 1 is 1.28 bits per heavy atom. The molecule has 5 rings (SSSR count). The van der Waals surface area contributed by atoms with Crippen molar-refractivity contribution in [1.29, 1.82) is 0 Å². The van der Waals surface area contributed by atoms with Crippen LogP contribution >= 0.6 is 0 Å². The highest BCUT2D eigenvalue weighted by Gasteiger charge is 2.24. The molecule has 0 bridgehead atoms. The number of likely N-dealkylation sites (tertiary alicyclic amines) is 1. The molecule has 1 amide bonds. The molecular formula is C19H20N8O2. The number of amides is 1. The Morgan fingerprint density at radius 3 is 3.00 bits per heavy atom. The van der Waals surface area contributed by atoms with E-state index in [-0.39, 0.29) is 11.9 Å². The molecule has 1 saturated heterocycles. The van der Waals surface area contributed by atoms with Gasteiger partial charge in [0.1, 0.15) is 5.52 Å². The molecule has 0 unspecified atom stereocenters. The van der Waals surface area contributed by atoms with Gasteiger partial charge in [0.25, 0.3) is 0 Å². The molecule has 1 aliphatic heterocycles. The second-order valence-electron chi connectivity index (χ2n) is 7.10. The van der Waals surface area contributed by atoms with Crippen molar-refractivity contribution in [3.8, 4) is 17.0 Å². The summed E-state index contributed by atoms with van der Waals surface area (Å²) >= 11 is 0. The summed E-state index contributed by atoms with van der Waals surface area (Å²) in [5, 5.41) is 7.92. The molecule has 10 nitrogen and oxygen atoms in total. The lowest BCUT2D eigenvalue weighted by Gasteiger charge is -2.30. The predicted octanol–water partition coefficient (Wildman–Crippen LogP) is 1.48. The van der Waals surface area contributed by atoms with Crippen molar-refractivity contribution in [1.82, 2.24) is 33.9 Å². The second kappa shape index (κ2) is 6.73. The van der Waals surface area contributed by atoms with Gasteiger partial charge in [-0.1, -0.05) is 0 Å². The summed E-state index contributed by atoms with van der Waals surface area (Å²) < 4.78 is 9.19. The van der Waals surface area contributed by atoms with Gasteiger partial charge < -0.3 is 15.0 Å². The minimum Gasteiger partial charge on any atom is -0.479 e. The van der Waals surface area contributed by atoms with Crippen LogP contribution in [0.4, 0.5) is 5.95 Å². The van der Waals surface area contributed by atoms with Crippen molar-refractivity contribution in [2.75, 3.05) is 26.0 Å². The van der Waals surface area contributed by atoms with Crippen molar-refractivity contribution < 1.29 is 9.53 Å². The molecule has 1 fully saturated rings. The number of imidazole rings is 1. The number of hydrogen-bond acceptors (Lipinski definition) is 7. The summed E-state index contributed by atoms with van der Waals surface area (Å²) in [4.78, 5) is 26.6. The lowest BCUT2D eigenvalue weighted by molar-refractivity contribution is -0.132. The van der Waals surface area contributed by atoms with Gasteiger partial charge in [-0.15, -0.1) is 5.10 Å². The van der Waals surface area contributed by atoms with Crippen LogP contribution in [0.2, 0.25) is 0 Å². The molecule has 29 heavy (non-hydrogen) atoms. The number of hydrogen-bond donors (Lipinski definition) is 1. The fourth-order valence-corrected chi connectivity index (χ4v) is 3.70. The maximum atomic E-state index is 11.7. The zero-order valence-electron chi connectivity index (χ0n) is 16.1. The molecule has 1 aliphatic rings. The summed E-state index contributed by atoms with van der Waals surface area (Å²) in [6, 6.07) is 2.06. The van der Waals surface area contributed by atoms with Gasteiger partial charge in [-0.3, -0.25) is 9.20 Å². The largest absolute Gasteiger partial charge is 0.479 e. The second-order valence-corrected chi connectivity index (χ2v) is 7.10. The number of carbonyl (C=O) groups excluding carboxylic acids is 1. The molecule has 0 radical (unpaired) electrons. The van der Waals surface area contributed by atoms with Gasteiger partial charge in [0.2, 0.25) is 23.5 Å². The van der Waals surface area contributed by atoms with Crippen LogP contribution in [-0.2, 0) is 4.79 Å². The first-order valence-corrected chi connectivity index (χ1v) is 9.35. The highest BCUT2D eigenvalue weighted by Crippen LogP contribution is 2.31. The maximum Gasteiger partial charge on any atom is 0.244 e. The standard InChI is InChI=1S/C19H20N8O2/c1-25-11-13(3-4-15(25)28)22-18-23-17(29-2)16-14(5-7-27(16)24-18)12-9-21-19-20-6-8-26(19)10-12/h5-10,13H,3-4,11H2,1-2H3,(H,22,24)/t13-/m1/s1. The molecule has 4 aromatic heterocycles. The lowest BCUT2D eigenvalue weighted by atomic mass is 10.1. The van der Waals surface area contributed by atoms with Gasteiger partial charge in [-0.2, -0.15) is 4.98 Å². The van der Waals surface area contributed by atoms with Crippen molar-refractivity contribution in [2.24, 2.45) is 0 Å². The van der Waals surface area contributed by atoms with E-state index in [0.29, 0.717) is 30.6 Å². The minimum atomic E-state index is 0.0998. The summed E-state index contributed by atoms with van der Waals surface area (Å²) in [6.45, 7) is 0.621. The number of piperidine rings is 1. The predicted molar refractivity (Wildman–Crippen MR) is 106 cm³/mol. The van der Waals surface area contributed by atoms with E-state index in [9.17, 15) is 4.79 Å². The SMILES string of the molecule is COc1nc(N[C@@H]2CCC(=O)N(C)C2)nn2ccc(-c3cnc4nccn4c3)c12. The summed E-state index contributed by atoms with van der Waals surface area (Å²) in [5.74, 6) is 1.74. The molecule has 0 aliphatic carbocycles. The van der Waals surface area contributed by atoms with Gasteiger partial charge >= 0.3 is 0 Å². The van der Waals surface area contributed by atoms with E-state index in [0.717, 1.165) is 23.1 Å². The van der Waals surface area contributed by atoms with Crippen LogP contribution in [0.1, 0.15) is 12.8 Å². The van der Waals surface area contributed by atoms with Crippen molar-refractivity contribution in [3.05, 3.63) is 37.1 Å². The molecular weight excluding hydrogens is 372 g/mol. The van der Waals surface area contributed by atoms with E-state index in [1.54, 1.807) is 28.9 Å². The first-order valence-electron chi connectivity index (χ1n) is 9.35. The number of anilines is 1. The Balaban J connectivity index is 1.51. The number of ether oxygens (including phenoxy) is 1. The van der Waals surface area contributed by atoms with Crippen LogP contribution < -0.4 is 10.1 Å². The van der Waals surface area contributed by atoms with Crippen molar-refractivity contribution in [3.63, 3.8) is 0 Å². The van der Waals surface area contributed by atoms with Crippen LogP contribution in [0.25, 0.3) is 22.4 Å². The molecule has 0 aromatic carbocycles. The number of aromatic nitrogens is 6. The van der Waals surface area contributed by atoms with Crippen LogP contribution in [0.5, 0.6) is 5.88 Å². The number of fused-ring (bicyclic) bond motifs is 2. The quantitative estimate of drug-likeness (QED) is 0.561. The summed E-state index contributed by atoms with van der Waals surface area (Å²) in [6.07, 6.45) is 10.4. The van der Waals surface area contributed by atoms with Crippen molar-refractivity contribution >= 4 is 23.1 Å². The molecule has 0 spiro atoms. The zero-order chi connectivity index (χ0) is 20.0. The van der Waals surface area contributed by atoms with Crippen molar-refractivity contribution in [2.45, 2.75) is 18.9 Å². The topological polar surface area (TPSA) is 102 Å². The average Bonchev–Trinajstić information content (AvgIpc) is 3.36. The van der Waals surface area contributed by atoms with Gasteiger partial charge in [0, 0.05) is 68.2 Å².